The van der Waals surface area contributed by atoms with Crippen LogP contribution in [0.3, 0.4) is 0 Å². The first kappa shape index (κ1) is 11.8. The Labute approximate surface area is 90.7 Å². The lowest BCUT2D eigenvalue weighted by atomic mass is 10.1. The Morgan fingerprint density at radius 1 is 1.33 bits per heavy atom. The monoisotopic (exact) mass is 211 g/mol. The van der Waals surface area contributed by atoms with Crippen molar-refractivity contribution < 1.29 is 9.13 Å². The standard InChI is InChI=1S/C10H12FNO.C2H6/c1-7-5-10-9(6-8(7)11)12(2)3-4-13-10;1-2/h5-6H,3-4H2,1-2H3;1-2H3. The van der Waals surface area contributed by atoms with Crippen molar-refractivity contribution in [3.63, 3.8) is 0 Å². The van der Waals surface area contributed by atoms with E-state index in [9.17, 15) is 4.39 Å². The SMILES string of the molecule is CC.Cc1cc2c(cc1F)N(C)CCO2. The normalized spacial score (nSPS) is 13.5. The minimum absolute atomic E-state index is 0.170. The Hall–Kier alpha value is -1.25. The minimum Gasteiger partial charge on any atom is -0.490 e. The number of hydrogen-bond donors (Lipinski definition) is 0. The van der Waals surface area contributed by atoms with E-state index in [4.69, 9.17) is 4.74 Å². The van der Waals surface area contributed by atoms with Crippen LogP contribution in [0, 0.1) is 12.7 Å². The average molecular weight is 211 g/mol. The molecule has 1 aliphatic heterocycles. The summed E-state index contributed by atoms with van der Waals surface area (Å²) in [6.07, 6.45) is 0. The van der Waals surface area contributed by atoms with Gasteiger partial charge in [-0.2, -0.15) is 0 Å². The summed E-state index contributed by atoms with van der Waals surface area (Å²) in [5.41, 5.74) is 1.48. The van der Waals surface area contributed by atoms with E-state index in [1.54, 1.807) is 13.0 Å². The van der Waals surface area contributed by atoms with Crippen LogP contribution in [0.5, 0.6) is 5.75 Å². The zero-order valence-electron chi connectivity index (χ0n) is 9.80. The first-order valence-electron chi connectivity index (χ1n) is 5.32. The van der Waals surface area contributed by atoms with Crippen molar-refractivity contribution in [2.45, 2.75) is 20.8 Å². The molecule has 0 spiro atoms. The molecule has 0 fully saturated rings. The van der Waals surface area contributed by atoms with Gasteiger partial charge in [-0.25, -0.2) is 4.39 Å². The molecule has 0 saturated carbocycles. The molecule has 1 heterocycles. The van der Waals surface area contributed by atoms with E-state index >= 15 is 0 Å². The molecule has 2 rings (SSSR count). The van der Waals surface area contributed by atoms with Gasteiger partial charge in [0.1, 0.15) is 18.2 Å². The lowest BCUT2D eigenvalue weighted by Gasteiger charge is -2.27. The molecule has 0 N–H and O–H groups in total. The lowest BCUT2D eigenvalue weighted by molar-refractivity contribution is 0.310. The van der Waals surface area contributed by atoms with Crippen molar-refractivity contribution in [2.75, 3.05) is 25.1 Å². The number of likely N-dealkylation sites (N-methyl/N-ethyl adjacent to an activating group) is 1. The highest BCUT2D eigenvalue weighted by Crippen LogP contribution is 2.32. The Kier molecular flexibility index (Phi) is 3.95. The van der Waals surface area contributed by atoms with Gasteiger partial charge < -0.3 is 9.64 Å². The predicted octanol–water partition coefficient (Wildman–Crippen LogP) is 2.99. The summed E-state index contributed by atoms with van der Waals surface area (Å²) in [7, 11) is 1.94. The van der Waals surface area contributed by atoms with E-state index in [0.29, 0.717) is 12.2 Å². The molecular formula is C12H18FNO. The minimum atomic E-state index is -0.170. The molecule has 0 unspecified atom stereocenters. The van der Waals surface area contributed by atoms with Crippen molar-refractivity contribution >= 4 is 5.69 Å². The first-order chi connectivity index (χ1) is 7.18. The fourth-order valence-electron chi connectivity index (χ4n) is 1.47. The number of ether oxygens (including phenoxy) is 1. The number of halogens is 1. The summed E-state index contributed by atoms with van der Waals surface area (Å²) in [5.74, 6) is 0.615. The van der Waals surface area contributed by atoms with Crippen LogP contribution in [-0.4, -0.2) is 20.2 Å². The molecule has 1 aromatic rings. The molecule has 3 heteroatoms. The Morgan fingerprint density at radius 3 is 2.67 bits per heavy atom. The maximum absolute atomic E-state index is 13.2. The van der Waals surface area contributed by atoms with Crippen molar-refractivity contribution in [3.05, 3.63) is 23.5 Å². The maximum Gasteiger partial charge on any atom is 0.143 e. The van der Waals surface area contributed by atoms with Crippen molar-refractivity contribution in [3.8, 4) is 5.75 Å². The molecular weight excluding hydrogens is 193 g/mol. The zero-order valence-corrected chi connectivity index (χ0v) is 9.80. The number of fused-ring (bicyclic) bond motifs is 1. The van der Waals surface area contributed by atoms with Crippen molar-refractivity contribution in [1.82, 2.24) is 0 Å². The summed E-state index contributed by atoms with van der Waals surface area (Å²) >= 11 is 0. The molecule has 0 saturated heterocycles. The third-order valence-corrected chi connectivity index (χ3v) is 2.34. The van der Waals surface area contributed by atoms with Gasteiger partial charge >= 0.3 is 0 Å². The summed E-state index contributed by atoms with van der Waals surface area (Å²) in [6.45, 7) is 7.23. The molecule has 84 valence electrons. The second-order valence-electron chi connectivity index (χ2n) is 3.34. The quantitative estimate of drug-likeness (QED) is 0.654. The van der Waals surface area contributed by atoms with Crippen LogP contribution >= 0.6 is 0 Å². The van der Waals surface area contributed by atoms with Crippen LogP contribution in [0.1, 0.15) is 19.4 Å². The summed E-state index contributed by atoms with van der Waals surface area (Å²) in [4.78, 5) is 2.00. The molecule has 0 amide bonds. The highest BCUT2D eigenvalue weighted by molar-refractivity contribution is 5.60. The van der Waals surface area contributed by atoms with Gasteiger partial charge in [-0.3, -0.25) is 0 Å². The van der Waals surface area contributed by atoms with Gasteiger partial charge in [0.2, 0.25) is 0 Å². The first-order valence-corrected chi connectivity index (χ1v) is 5.32. The van der Waals surface area contributed by atoms with Gasteiger partial charge in [0.25, 0.3) is 0 Å². The number of aryl methyl sites for hydroxylation is 1. The summed E-state index contributed by atoms with van der Waals surface area (Å²) in [6, 6.07) is 3.28. The van der Waals surface area contributed by atoms with E-state index in [2.05, 4.69) is 0 Å². The summed E-state index contributed by atoms with van der Waals surface area (Å²) in [5, 5.41) is 0. The maximum atomic E-state index is 13.2. The van der Waals surface area contributed by atoms with Crippen LogP contribution in [0.2, 0.25) is 0 Å². The topological polar surface area (TPSA) is 12.5 Å². The van der Waals surface area contributed by atoms with Crippen LogP contribution in [-0.2, 0) is 0 Å². The highest BCUT2D eigenvalue weighted by Gasteiger charge is 2.16. The number of benzene rings is 1. The number of hydrogen-bond acceptors (Lipinski definition) is 2. The second-order valence-corrected chi connectivity index (χ2v) is 3.34. The number of rotatable bonds is 0. The third-order valence-electron chi connectivity index (χ3n) is 2.34. The van der Waals surface area contributed by atoms with E-state index in [1.807, 2.05) is 25.8 Å². The third kappa shape index (κ3) is 2.41. The lowest BCUT2D eigenvalue weighted by Crippen LogP contribution is -2.28. The molecule has 0 bridgehead atoms. The fourth-order valence-corrected chi connectivity index (χ4v) is 1.47. The van der Waals surface area contributed by atoms with Crippen LogP contribution < -0.4 is 9.64 Å². The zero-order chi connectivity index (χ0) is 11.4. The average Bonchev–Trinajstić information content (AvgIpc) is 2.24. The van der Waals surface area contributed by atoms with Crippen molar-refractivity contribution in [2.24, 2.45) is 0 Å². The fraction of sp³-hybridized carbons (Fsp3) is 0.500. The Balaban J connectivity index is 0.000000531. The van der Waals surface area contributed by atoms with Crippen LogP contribution in [0.25, 0.3) is 0 Å². The van der Waals surface area contributed by atoms with Gasteiger partial charge in [0.05, 0.1) is 12.2 Å². The largest absolute Gasteiger partial charge is 0.490 e. The molecule has 2 nitrogen and oxygen atoms in total. The van der Waals surface area contributed by atoms with Gasteiger partial charge in [-0.1, -0.05) is 13.8 Å². The van der Waals surface area contributed by atoms with E-state index < -0.39 is 0 Å². The Bertz CT molecular complexity index is 339. The van der Waals surface area contributed by atoms with Crippen LogP contribution in [0.4, 0.5) is 10.1 Å². The van der Waals surface area contributed by atoms with Crippen LogP contribution in [0.15, 0.2) is 12.1 Å². The van der Waals surface area contributed by atoms with Gasteiger partial charge in [0, 0.05) is 13.1 Å². The molecule has 15 heavy (non-hydrogen) atoms. The Morgan fingerprint density at radius 2 is 2.00 bits per heavy atom. The molecule has 1 aromatic carbocycles. The molecule has 1 aliphatic rings. The smallest absolute Gasteiger partial charge is 0.143 e. The number of nitrogens with zero attached hydrogens (tertiary/aromatic N) is 1. The van der Waals surface area contributed by atoms with E-state index in [-0.39, 0.29) is 5.82 Å². The second kappa shape index (κ2) is 5.01. The highest BCUT2D eigenvalue weighted by atomic mass is 19.1. The summed E-state index contributed by atoms with van der Waals surface area (Å²) < 4.78 is 18.6. The van der Waals surface area contributed by atoms with E-state index in [0.717, 1.165) is 18.0 Å². The predicted molar refractivity (Wildman–Crippen MR) is 61.3 cm³/mol. The van der Waals surface area contributed by atoms with Gasteiger partial charge in [0.15, 0.2) is 0 Å². The van der Waals surface area contributed by atoms with Gasteiger partial charge in [-0.05, 0) is 18.6 Å². The molecule has 0 atom stereocenters. The molecule has 0 aromatic heterocycles. The molecule has 0 radical (unpaired) electrons. The van der Waals surface area contributed by atoms with Crippen molar-refractivity contribution in [1.29, 1.82) is 0 Å². The molecule has 0 aliphatic carbocycles. The van der Waals surface area contributed by atoms with E-state index in [1.165, 1.54) is 6.07 Å². The number of anilines is 1. The van der Waals surface area contributed by atoms with Gasteiger partial charge in [-0.15, -0.1) is 0 Å².